The highest BCUT2D eigenvalue weighted by Gasteiger charge is 2.34. The maximum absolute atomic E-state index is 11.4. The summed E-state index contributed by atoms with van der Waals surface area (Å²) >= 11 is 0. The standard InChI is InChI=1S/C14H20O3/c1-8-7-13(16)9(2)6-12(8)14(5,17)10(3)11(4)15/h6-7,10,16-17H,1-5H3. The van der Waals surface area contributed by atoms with Crippen LogP contribution in [0, 0.1) is 19.8 Å². The first-order valence-electron chi connectivity index (χ1n) is 5.71. The highest BCUT2D eigenvalue weighted by molar-refractivity contribution is 5.79. The Bertz CT molecular complexity index is 447. The summed E-state index contributed by atoms with van der Waals surface area (Å²) in [6.45, 7) is 8.41. The van der Waals surface area contributed by atoms with E-state index >= 15 is 0 Å². The molecule has 1 aromatic carbocycles. The average Bonchev–Trinajstić information content (AvgIpc) is 2.21. The second-order valence-electron chi connectivity index (χ2n) is 4.93. The highest BCUT2D eigenvalue weighted by atomic mass is 16.3. The number of hydrogen-bond acceptors (Lipinski definition) is 3. The number of aliphatic hydroxyl groups is 1. The van der Waals surface area contributed by atoms with E-state index in [2.05, 4.69) is 0 Å². The van der Waals surface area contributed by atoms with Gasteiger partial charge in [0, 0.05) is 5.92 Å². The number of carbonyl (C=O) groups is 1. The normalized spacial score (nSPS) is 16.4. The van der Waals surface area contributed by atoms with E-state index in [9.17, 15) is 15.0 Å². The van der Waals surface area contributed by atoms with Gasteiger partial charge in [0.15, 0.2) is 0 Å². The number of phenolic OH excluding ortho intramolecular Hbond substituents is 1. The number of benzene rings is 1. The summed E-state index contributed by atoms with van der Waals surface area (Å²) < 4.78 is 0. The van der Waals surface area contributed by atoms with E-state index in [-0.39, 0.29) is 11.5 Å². The SMILES string of the molecule is CC(=O)C(C)C(C)(O)c1cc(C)c(O)cc1C. The summed E-state index contributed by atoms with van der Waals surface area (Å²) in [5.41, 5.74) is 0.956. The van der Waals surface area contributed by atoms with Crippen LogP contribution in [0.2, 0.25) is 0 Å². The van der Waals surface area contributed by atoms with Crippen LogP contribution in [0.25, 0.3) is 0 Å². The summed E-state index contributed by atoms with van der Waals surface area (Å²) in [5.74, 6) is -0.331. The van der Waals surface area contributed by atoms with E-state index in [1.165, 1.54) is 6.92 Å². The Kier molecular flexibility index (Phi) is 3.62. The molecule has 0 bridgehead atoms. The fourth-order valence-corrected chi connectivity index (χ4v) is 1.98. The molecule has 0 fully saturated rings. The fraction of sp³-hybridized carbons (Fsp3) is 0.500. The second-order valence-corrected chi connectivity index (χ2v) is 4.93. The molecule has 1 rings (SSSR count). The molecule has 0 aliphatic rings. The van der Waals surface area contributed by atoms with Crippen LogP contribution in [0.1, 0.15) is 37.5 Å². The molecule has 2 unspecified atom stereocenters. The molecule has 2 atom stereocenters. The van der Waals surface area contributed by atoms with Crippen LogP contribution >= 0.6 is 0 Å². The molecule has 0 amide bonds. The lowest BCUT2D eigenvalue weighted by Gasteiger charge is -2.31. The first kappa shape index (κ1) is 13.7. The van der Waals surface area contributed by atoms with Crippen LogP contribution in [0.15, 0.2) is 12.1 Å². The molecule has 0 saturated heterocycles. The van der Waals surface area contributed by atoms with Gasteiger partial charge in [-0.2, -0.15) is 0 Å². The van der Waals surface area contributed by atoms with Crippen molar-refractivity contribution >= 4 is 5.78 Å². The van der Waals surface area contributed by atoms with Gasteiger partial charge in [0.2, 0.25) is 0 Å². The molecule has 94 valence electrons. The summed E-state index contributed by atoms with van der Waals surface area (Å²) in [7, 11) is 0. The van der Waals surface area contributed by atoms with Gasteiger partial charge in [-0.3, -0.25) is 4.79 Å². The zero-order chi connectivity index (χ0) is 13.4. The van der Waals surface area contributed by atoms with Crippen molar-refractivity contribution in [1.29, 1.82) is 0 Å². The van der Waals surface area contributed by atoms with Crippen molar-refractivity contribution in [3.63, 3.8) is 0 Å². The number of ketones is 1. The number of phenols is 1. The zero-order valence-electron chi connectivity index (χ0n) is 11.0. The lowest BCUT2D eigenvalue weighted by atomic mass is 9.79. The van der Waals surface area contributed by atoms with Gasteiger partial charge in [-0.1, -0.05) is 6.92 Å². The minimum Gasteiger partial charge on any atom is -0.508 e. The molecule has 0 spiro atoms. The molecule has 0 aliphatic heterocycles. The van der Waals surface area contributed by atoms with Crippen LogP contribution in [0.3, 0.4) is 0 Å². The topological polar surface area (TPSA) is 57.5 Å². The fourth-order valence-electron chi connectivity index (χ4n) is 1.98. The molecular weight excluding hydrogens is 216 g/mol. The van der Waals surface area contributed by atoms with Gasteiger partial charge in [-0.25, -0.2) is 0 Å². The largest absolute Gasteiger partial charge is 0.508 e. The van der Waals surface area contributed by atoms with Crippen molar-refractivity contribution in [2.45, 2.75) is 40.2 Å². The minimum atomic E-state index is -1.21. The average molecular weight is 236 g/mol. The van der Waals surface area contributed by atoms with Crippen molar-refractivity contribution in [3.8, 4) is 5.75 Å². The predicted molar refractivity (Wildman–Crippen MR) is 67.0 cm³/mol. The summed E-state index contributed by atoms with van der Waals surface area (Å²) in [4.78, 5) is 11.4. The number of aromatic hydroxyl groups is 1. The molecule has 0 saturated carbocycles. The molecule has 3 heteroatoms. The van der Waals surface area contributed by atoms with Crippen molar-refractivity contribution in [3.05, 3.63) is 28.8 Å². The molecule has 3 nitrogen and oxygen atoms in total. The number of hydrogen-bond donors (Lipinski definition) is 2. The molecule has 0 aromatic heterocycles. The third kappa shape index (κ3) is 2.50. The van der Waals surface area contributed by atoms with E-state index in [1.54, 1.807) is 32.9 Å². The van der Waals surface area contributed by atoms with Gasteiger partial charge in [-0.05, 0) is 56.5 Å². The first-order valence-corrected chi connectivity index (χ1v) is 5.71. The number of Topliss-reactive ketones (excluding diaryl/α,β-unsaturated/α-hetero) is 1. The van der Waals surface area contributed by atoms with Crippen LogP contribution in [-0.2, 0) is 10.4 Å². The Labute approximate surface area is 102 Å². The van der Waals surface area contributed by atoms with Crippen LogP contribution < -0.4 is 0 Å². The van der Waals surface area contributed by atoms with E-state index in [4.69, 9.17) is 0 Å². The van der Waals surface area contributed by atoms with Gasteiger partial charge in [0.25, 0.3) is 0 Å². The first-order chi connectivity index (χ1) is 7.67. The van der Waals surface area contributed by atoms with Crippen molar-refractivity contribution in [2.24, 2.45) is 5.92 Å². The van der Waals surface area contributed by atoms with Crippen LogP contribution in [0.4, 0.5) is 0 Å². The van der Waals surface area contributed by atoms with Gasteiger partial charge in [-0.15, -0.1) is 0 Å². The Balaban J connectivity index is 3.33. The van der Waals surface area contributed by atoms with Crippen LogP contribution in [0.5, 0.6) is 5.75 Å². The smallest absolute Gasteiger partial charge is 0.135 e. The lowest BCUT2D eigenvalue weighted by molar-refractivity contribution is -0.128. The minimum absolute atomic E-state index is 0.0554. The quantitative estimate of drug-likeness (QED) is 0.847. The maximum atomic E-state index is 11.4. The summed E-state index contributed by atoms with van der Waals surface area (Å²) in [5, 5.41) is 20.1. The van der Waals surface area contributed by atoms with Crippen molar-refractivity contribution in [2.75, 3.05) is 0 Å². The third-order valence-corrected chi connectivity index (χ3v) is 3.54. The van der Waals surface area contributed by atoms with E-state index in [1.807, 2.05) is 6.92 Å². The number of carbonyl (C=O) groups excluding carboxylic acids is 1. The predicted octanol–water partition coefficient (Wildman–Crippen LogP) is 2.44. The maximum Gasteiger partial charge on any atom is 0.135 e. The highest BCUT2D eigenvalue weighted by Crippen LogP contribution is 2.34. The molecule has 0 heterocycles. The summed E-state index contributed by atoms with van der Waals surface area (Å²) in [6, 6.07) is 3.36. The van der Waals surface area contributed by atoms with Gasteiger partial charge < -0.3 is 10.2 Å². The van der Waals surface area contributed by atoms with Gasteiger partial charge in [0.1, 0.15) is 11.5 Å². The zero-order valence-corrected chi connectivity index (χ0v) is 11.0. The molecule has 0 aliphatic carbocycles. The van der Waals surface area contributed by atoms with Crippen molar-refractivity contribution < 1.29 is 15.0 Å². The third-order valence-electron chi connectivity index (χ3n) is 3.54. The molecule has 2 N–H and O–H groups in total. The van der Waals surface area contributed by atoms with E-state index in [0.717, 1.165) is 5.56 Å². The van der Waals surface area contributed by atoms with E-state index < -0.39 is 11.5 Å². The van der Waals surface area contributed by atoms with Gasteiger partial charge >= 0.3 is 0 Å². The Morgan fingerprint density at radius 2 is 1.82 bits per heavy atom. The monoisotopic (exact) mass is 236 g/mol. The Hall–Kier alpha value is -1.35. The van der Waals surface area contributed by atoms with Gasteiger partial charge in [0.05, 0.1) is 5.60 Å². The molecule has 0 radical (unpaired) electrons. The number of rotatable bonds is 3. The van der Waals surface area contributed by atoms with Crippen molar-refractivity contribution in [1.82, 2.24) is 0 Å². The molecule has 1 aromatic rings. The Morgan fingerprint density at radius 1 is 1.29 bits per heavy atom. The lowest BCUT2D eigenvalue weighted by Crippen LogP contribution is -2.35. The summed E-state index contributed by atoms with van der Waals surface area (Å²) in [6.07, 6.45) is 0. The van der Waals surface area contributed by atoms with E-state index in [0.29, 0.717) is 11.1 Å². The van der Waals surface area contributed by atoms with Crippen LogP contribution in [-0.4, -0.2) is 16.0 Å². The second kappa shape index (κ2) is 4.49. The Morgan fingerprint density at radius 3 is 2.29 bits per heavy atom. The molecular formula is C14H20O3. The number of aryl methyl sites for hydroxylation is 2. The molecule has 17 heavy (non-hydrogen) atoms.